The first-order valence-electron chi connectivity index (χ1n) is 7.24. The van der Waals surface area contributed by atoms with Crippen molar-refractivity contribution >= 4 is 0 Å². The minimum absolute atomic E-state index is 0.344. The zero-order valence-electron chi connectivity index (χ0n) is 13.3. The lowest BCUT2D eigenvalue weighted by Gasteiger charge is -2.15. The van der Waals surface area contributed by atoms with Crippen molar-refractivity contribution in [2.75, 3.05) is 6.54 Å². The van der Waals surface area contributed by atoms with Crippen LogP contribution >= 0.6 is 0 Å². The monoisotopic (exact) mass is 349 g/mol. The Morgan fingerprint density at radius 3 is 2.72 bits per heavy atom. The van der Waals surface area contributed by atoms with Gasteiger partial charge >= 0.3 is 6.18 Å². The molecule has 3 nitrogen and oxygen atoms in total. The van der Waals surface area contributed by atoms with Crippen molar-refractivity contribution in [2.24, 2.45) is 5.84 Å². The third kappa shape index (κ3) is 5.94. The first-order valence-corrected chi connectivity index (χ1v) is 7.24. The minimum atomic E-state index is -4.39. The van der Waals surface area contributed by atoms with Gasteiger partial charge in [-0.3, -0.25) is 0 Å². The van der Waals surface area contributed by atoms with Gasteiger partial charge in [0.1, 0.15) is 6.54 Å². The highest BCUT2D eigenvalue weighted by molar-refractivity contribution is 5.65. The summed E-state index contributed by atoms with van der Waals surface area (Å²) in [5.74, 6) is 10.2. The molecule has 7 heteroatoms. The Morgan fingerprint density at radius 2 is 2.04 bits per heavy atom. The Kier molecular flexibility index (Phi) is 5.78. The van der Waals surface area contributed by atoms with Crippen LogP contribution in [0.1, 0.15) is 12.5 Å². The van der Waals surface area contributed by atoms with Gasteiger partial charge in [0.15, 0.2) is 0 Å². The van der Waals surface area contributed by atoms with Crippen LogP contribution < -0.4 is 5.84 Å². The summed E-state index contributed by atoms with van der Waals surface area (Å²) in [5, 5.41) is 0.533. The van der Waals surface area contributed by atoms with Gasteiger partial charge in [0.25, 0.3) is 0 Å². The molecule has 2 aromatic rings. The number of hydrogen-bond donors (Lipinski definition) is 1. The van der Waals surface area contributed by atoms with Crippen LogP contribution in [-0.4, -0.2) is 22.7 Å². The Hall–Kier alpha value is -2.85. The van der Waals surface area contributed by atoms with Crippen LogP contribution in [-0.2, 0) is 0 Å². The summed E-state index contributed by atoms with van der Waals surface area (Å²) < 4.78 is 50.4. The van der Waals surface area contributed by atoms with Crippen molar-refractivity contribution in [3.63, 3.8) is 0 Å². The zero-order valence-corrected chi connectivity index (χ0v) is 13.3. The summed E-state index contributed by atoms with van der Waals surface area (Å²) >= 11 is 0. The van der Waals surface area contributed by atoms with Crippen molar-refractivity contribution in [1.82, 2.24) is 9.99 Å². The molecular formula is C18H15F4N3. The summed E-state index contributed by atoms with van der Waals surface area (Å²) in [6, 6.07) is 10.1. The first-order chi connectivity index (χ1) is 11.7. The molecule has 0 aliphatic carbocycles. The molecule has 1 heterocycles. The molecule has 0 bridgehead atoms. The maximum absolute atomic E-state index is 13.7. The van der Waals surface area contributed by atoms with E-state index < -0.39 is 18.7 Å². The van der Waals surface area contributed by atoms with Crippen LogP contribution in [0.2, 0.25) is 0 Å². The molecule has 25 heavy (non-hydrogen) atoms. The lowest BCUT2D eigenvalue weighted by atomic mass is 10.0. The van der Waals surface area contributed by atoms with E-state index in [1.807, 2.05) is 0 Å². The molecule has 0 aliphatic rings. The zero-order chi connectivity index (χ0) is 18.4. The summed E-state index contributed by atoms with van der Waals surface area (Å²) in [7, 11) is 0. The summed E-state index contributed by atoms with van der Waals surface area (Å²) in [4.78, 5) is 3.60. The topological polar surface area (TPSA) is 42.2 Å². The normalized spacial score (nSPS) is 11.7. The van der Waals surface area contributed by atoms with Crippen molar-refractivity contribution < 1.29 is 17.6 Å². The summed E-state index contributed by atoms with van der Waals surface area (Å²) in [6.45, 7) is 0.287. The molecule has 0 unspecified atom stereocenters. The predicted molar refractivity (Wildman–Crippen MR) is 87.2 cm³/mol. The number of allylic oxidation sites excluding steroid dienone is 1. The van der Waals surface area contributed by atoms with Crippen molar-refractivity contribution in [3.8, 4) is 23.0 Å². The van der Waals surface area contributed by atoms with Crippen molar-refractivity contribution in [1.29, 1.82) is 0 Å². The Bertz CT molecular complexity index is 832. The third-order valence-electron chi connectivity index (χ3n) is 3.06. The van der Waals surface area contributed by atoms with E-state index in [9.17, 15) is 17.6 Å². The highest BCUT2D eigenvalue weighted by Gasteiger charge is 2.28. The highest BCUT2D eigenvalue weighted by atomic mass is 19.4. The molecule has 0 spiro atoms. The van der Waals surface area contributed by atoms with E-state index in [-0.39, 0.29) is 0 Å². The number of halogens is 4. The van der Waals surface area contributed by atoms with Crippen LogP contribution in [0.15, 0.2) is 54.4 Å². The van der Waals surface area contributed by atoms with Crippen LogP contribution in [0.4, 0.5) is 17.6 Å². The van der Waals surface area contributed by atoms with Crippen LogP contribution in [0.5, 0.6) is 0 Å². The molecule has 0 radical (unpaired) electrons. The second-order valence-corrected chi connectivity index (χ2v) is 5.27. The smallest absolute Gasteiger partial charge is 0.308 e. The highest BCUT2D eigenvalue weighted by Crippen LogP contribution is 2.22. The molecule has 130 valence electrons. The van der Waals surface area contributed by atoms with Gasteiger partial charge in [-0.05, 0) is 36.8 Å². The van der Waals surface area contributed by atoms with Gasteiger partial charge in [-0.15, -0.1) is 0 Å². The van der Waals surface area contributed by atoms with Gasteiger partial charge in [-0.25, -0.2) is 10.8 Å². The Balaban J connectivity index is 2.18. The molecule has 0 aliphatic heterocycles. The molecule has 0 amide bonds. The van der Waals surface area contributed by atoms with Crippen LogP contribution in [0.3, 0.4) is 0 Å². The van der Waals surface area contributed by atoms with Crippen LogP contribution in [0.25, 0.3) is 11.1 Å². The number of hydrogen-bond acceptors (Lipinski definition) is 3. The number of benzene rings is 1. The Morgan fingerprint density at radius 1 is 1.28 bits per heavy atom. The molecular weight excluding hydrogens is 334 g/mol. The van der Waals surface area contributed by atoms with E-state index in [0.29, 0.717) is 27.3 Å². The van der Waals surface area contributed by atoms with E-state index in [0.717, 1.165) is 6.20 Å². The van der Waals surface area contributed by atoms with E-state index in [2.05, 4.69) is 16.8 Å². The van der Waals surface area contributed by atoms with Crippen LogP contribution in [0, 0.1) is 17.8 Å². The average molecular weight is 349 g/mol. The Labute approximate surface area is 142 Å². The molecule has 1 aromatic heterocycles. The number of hydrazine groups is 1. The third-order valence-corrected chi connectivity index (χ3v) is 3.06. The SMILES string of the molecule is C/C(C#Cc1cccc(-c2cccnc2F)c1)=C\N(N)CC(F)(F)F. The molecule has 0 saturated heterocycles. The average Bonchev–Trinajstić information content (AvgIpc) is 2.52. The molecule has 0 atom stereocenters. The van der Waals surface area contributed by atoms with Crippen molar-refractivity contribution in [2.45, 2.75) is 13.1 Å². The maximum atomic E-state index is 13.7. The fourth-order valence-electron chi connectivity index (χ4n) is 2.07. The second-order valence-electron chi connectivity index (χ2n) is 5.27. The van der Waals surface area contributed by atoms with E-state index in [4.69, 9.17) is 5.84 Å². The van der Waals surface area contributed by atoms with E-state index in [1.54, 1.807) is 43.3 Å². The van der Waals surface area contributed by atoms with Crippen molar-refractivity contribution in [3.05, 3.63) is 65.9 Å². The lowest BCUT2D eigenvalue weighted by Crippen LogP contribution is -2.35. The molecule has 0 fully saturated rings. The fourth-order valence-corrected chi connectivity index (χ4v) is 2.07. The largest absolute Gasteiger partial charge is 0.407 e. The van der Waals surface area contributed by atoms with Gasteiger partial charge in [0, 0.05) is 29.1 Å². The number of nitrogens with zero attached hydrogens (tertiary/aromatic N) is 2. The van der Waals surface area contributed by atoms with E-state index >= 15 is 0 Å². The molecule has 2 rings (SSSR count). The van der Waals surface area contributed by atoms with Gasteiger partial charge in [0.2, 0.25) is 5.95 Å². The van der Waals surface area contributed by atoms with Gasteiger partial charge < -0.3 is 5.01 Å². The number of pyridine rings is 1. The van der Waals surface area contributed by atoms with Gasteiger partial charge in [-0.1, -0.05) is 24.0 Å². The maximum Gasteiger partial charge on any atom is 0.407 e. The number of alkyl halides is 3. The molecule has 1 aromatic carbocycles. The number of nitrogens with two attached hydrogens (primary N) is 1. The number of aromatic nitrogens is 1. The lowest BCUT2D eigenvalue weighted by molar-refractivity contribution is -0.140. The number of rotatable bonds is 3. The predicted octanol–water partition coefficient (Wildman–Crippen LogP) is 3.88. The van der Waals surface area contributed by atoms with E-state index in [1.165, 1.54) is 6.20 Å². The van der Waals surface area contributed by atoms with Gasteiger partial charge in [-0.2, -0.15) is 17.6 Å². The summed E-state index contributed by atoms with van der Waals surface area (Å²) in [5.41, 5.74) is 1.91. The standard InChI is InChI=1S/C18H15F4N3/c1-13(11-25(23)12-18(20,21)22)7-8-14-4-2-5-15(10-14)16-6-3-9-24-17(16)19/h2-6,9-11H,12,23H2,1H3/b13-11+. The summed E-state index contributed by atoms with van der Waals surface area (Å²) in [6.07, 6.45) is -1.91. The minimum Gasteiger partial charge on any atom is -0.308 e. The first kappa shape index (κ1) is 18.5. The quantitative estimate of drug-likeness (QED) is 0.301. The molecule has 0 saturated carbocycles. The second kappa shape index (κ2) is 7.81. The van der Waals surface area contributed by atoms with Gasteiger partial charge in [0.05, 0.1) is 0 Å². The molecule has 2 N–H and O–H groups in total. The fraction of sp³-hybridized carbons (Fsp3) is 0.167.